The Kier molecular flexibility index (Phi) is 4.69. The molecule has 5 rings (SSSR count). The number of aryl methyl sites for hydroxylation is 1. The molecule has 0 radical (unpaired) electrons. The number of nitrogens with zero attached hydrogens (tertiary/aromatic N) is 4. The van der Waals surface area contributed by atoms with Crippen LogP contribution in [0.4, 0.5) is 0 Å². The average Bonchev–Trinajstić information content (AvgIpc) is 3.50. The molecule has 29 heavy (non-hydrogen) atoms. The maximum atomic E-state index is 5.68. The Balaban J connectivity index is 1.46. The van der Waals surface area contributed by atoms with E-state index in [9.17, 15) is 0 Å². The van der Waals surface area contributed by atoms with Crippen LogP contribution in [0.1, 0.15) is 29.5 Å². The molecule has 4 aromatic rings. The number of benzene rings is 2. The third-order valence-corrected chi connectivity index (χ3v) is 5.33. The van der Waals surface area contributed by atoms with Crippen LogP contribution in [0.5, 0.6) is 0 Å². The predicted molar refractivity (Wildman–Crippen MR) is 109 cm³/mol. The van der Waals surface area contributed by atoms with Crippen molar-refractivity contribution >= 4 is 0 Å². The van der Waals surface area contributed by atoms with Gasteiger partial charge in [0.1, 0.15) is 0 Å². The Morgan fingerprint density at radius 1 is 1.03 bits per heavy atom. The summed E-state index contributed by atoms with van der Waals surface area (Å²) in [5.41, 5.74) is 5.61. The number of imidazole rings is 1. The maximum absolute atomic E-state index is 5.68. The molecule has 1 aliphatic heterocycles. The fourth-order valence-corrected chi connectivity index (χ4v) is 3.89. The molecule has 0 bridgehead atoms. The molecule has 0 amide bonds. The molecule has 0 aliphatic carbocycles. The van der Waals surface area contributed by atoms with Crippen LogP contribution in [-0.2, 0) is 11.3 Å². The molecule has 1 aliphatic rings. The zero-order valence-corrected chi connectivity index (χ0v) is 16.3. The first-order chi connectivity index (χ1) is 14.3. The largest absolute Gasteiger partial charge is 0.381 e. The Bertz CT molecular complexity index is 1090. The van der Waals surface area contributed by atoms with Crippen LogP contribution < -0.4 is 0 Å². The molecule has 0 unspecified atom stereocenters. The van der Waals surface area contributed by atoms with E-state index in [4.69, 9.17) is 14.2 Å². The lowest BCUT2D eigenvalue weighted by atomic mass is 9.99. The van der Waals surface area contributed by atoms with Gasteiger partial charge < -0.3 is 13.8 Å². The standard InChI is InChI=1S/C23H22N4O2/c1-16-25-23(26-29-16)19-9-7-17(8-10-19)13-27-15-24-21(18-5-3-2-4-6-18)22(27)20-11-12-28-14-20/h2-10,15,20H,11-14H2,1H3/t20-/m0/s1. The molecule has 3 heterocycles. The highest BCUT2D eigenvalue weighted by molar-refractivity contribution is 5.63. The number of aromatic nitrogens is 4. The molecule has 1 saturated heterocycles. The molecule has 2 aromatic carbocycles. The predicted octanol–water partition coefficient (Wildman–Crippen LogP) is 4.46. The fraction of sp³-hybridized carbons (Fsp3) is 0.261. The Morgan fingerprint density at radius 3 is 2.55 bits per heavy atom. The molecule has 6 heteroatoms. The summed E-state index contributed by atoms with van der Waals surface area (Å²) in [5, 5.41) is 3.99. The lowest BCUT2D eigenvalue weighted by Gasteiger charge is -2.15. The highest BCUT2D eigenvalue weighted by Crippen LogP contribution is 2.33. The minimum absolute atomic E-state index is 0.370. The monoisotopic (exact) mass is 386 g/mol. The van der Waals surface area contributed by atoms with E-state index in [-0.39, 0.29) is 0 Å². The summed E-state index contributed by atoms with van der Waals surface area (Å²) in [6.45, 7) is 4.12. The molecule has 1 fully saturated rings. The van der Waals surface area contributed by atoms with E-state index >= 15 is 0 Å². The number of hydrogen-bond acceptors (Lipinski definition) is 5. The zero-order chi connectivity index (χ0) is 19.6. The summed E-state index contributed by atoms with van der Waals surface area (Å²) in [7, 11) is 0. The molecule has 146 valence electrons. The molecular formula is C23H22N4O2. The van der Waals surface area contributed by atoms with E-state index < -0.39 is 0 Å². The van der Waals surface area contributed by atoms with Gasteiger partial charge in [-0.25, -0.2) is 4.98 Å². The van der Waals surface area contributed by atoms with Crippen LogP contribution in [0.3, 0.4) is 0 Å². The van der Waals surface area contributed by atoms with Crippen molar-refractivity contribution in [3.05, 3.63) is 78.1 Å². The topological polar surface area (TPSA) is 66.0 Å². The van der Waals surface area contributed by atoms with Crippen molar-refractivity contribution in [1.29, 1.82) is 0 Å². The molecule has 2 aromatic heterocycles. The first-order valence-corrected chi connectivity index (χ1v) is 9.86. The summed E-state index contributed by atoms with van der Waals surface area (Å²) >= 11 is 0. The van der Waals surface area contributed by atoms with Crippen molar-refractivity contribution in [1.82, 2.24) is 19.7 Å². The van der Waals surface area contributed by atoms with Gasteiger partial charge in [0.15, 0.2) is 0 Å². The van der Waals surface area contributed by atoms with E-state index in [1.807, 2.05) is 24.5 Å². The third-order valence-electron chi connectivity index (χ3n) is 5.33. The van der Waals surface area contributed by atoms with Crippen LogP contribution in [0, 0.1) is 6.92 Å². The van der Waals surface area contributed by atoms with Gasteiger partial charge >= 0.3 is 0 Å². The second-order valence-corrected chi connectivity index (χ2v) is 7.37. The van der Waals surface area contributed by atoms with Crippen molar-refractivity contribution in [3.63, 3.8) is 0 Å². The smallest absolute Gasteiger partial charge is 0.223 e. The highest BCUT2D eigenvalue weighted by atomic mass is 16.5. The van der Waals surface area contributed by atoms with Gasteiger partial charge in [-0.05, 0) is 12.0 Å². The van der Waals surface area contributed by atoms with E-state index in [1.54, 1.807) is 6.92 Å². The number of rotatable bonds is 5. The van der Waals surface area contributed by atoms with Crippen molar-refractivity contribution in [3.8, 4) is 22.6 Å². The summed E-state index contributed by atoms with van der Waals surface area (Å²) in [4.78, 5) is 9.06. The molecule has 1 atom stereocenters. The van der Waals surface area contributed by atoms with Crippen LogP contribution in [0.25, 0.3) is 22.6 Å². The van der Waals surface area contributed by atoms with Crippen molar-refractivity contribution in [2.45, 2.75) is 25.8 Å². The summed E-state index contributed by atoms with van der Waals surface area (Å²) < 4.78 is 13.0. The lowest BCUT2D eigenvalue weighted by molar-refractivity contribution is 0.193. The second kappa shape index (κ2) is 7.64. The quantitative estimate of drug-likeness (QED) is 0.507. The van der Waals surface area contributed by atoms with Gasteiger partial charge in [-0.15, -0.1) is 0 Å². The van der Waals surface area contributed by atoms with Crippen LogP contribution in [0.15, 0.2) is 65.4 Å². The van der Waals surface area contributed by atoms with Gasteiger partial charge in [-0.3, -0.25) is 0 Å². The van der Waals surface area contributed by atoms with Gasteiger partial charge in [0.2, 0.25) is 11.7 Å². The van der Waals surface area contributed by atoms with Crippen molar-refractivity contribution < 1.29 is 9.26 Å². The highest BCUT2D eigenvalue weighted by Gasteiger charge is 2.26. The molecule has 6 nitrogen and oxygen atoms in total. The van der Waals surface area contributed by atoms with E-state index in [0.29, 0.717) is 17.6 Å². The first kappa shape index (κ1) is 17.8. The molecular weight excluding hydrogens is 364 g/mol. The van der Waals surface area contributed by atoms with Crippen LogP contribution >= 0.6 is 0 Å². The lowest BCUT2D eigenvalue weighted by Crippen LogP contribution is -2.09. The summed E-state index contributed by atoms with van der Waals surface area (Å²) in [6, 6.07) is 18.7. The Morgan fingerprint density at radius 2 is 1.86 bits per heavy atom. The van der Waals surface area contributed by atoms with E-state index in [1.165, 1.54) is 11.3 Å². The van der Waals surface area contributed by atoms with Gasteiger partial charge in [-0.2, -0.15) is 4.98 Å². The average molecular weight is 386 g/mol. The van der Waals surface area contributed by atoms with Crippen molar-refractivity contribution in [2.75, 3.05) is 13.2 Å². The molecule has 0 spiro atoms. The number of hydrogen-bond donors (Lipinski definition) is 0. The first-order valence-electron chi connectivity index (χ1n) is 9.86. The SMILES string of the molecule is Cc1nc(-c2ccc(Cn3cnc(-c4ccccc4)c3[C@H]3CCOC3)cc2)no1. The fourth-order valence-electron chi connectivity index (χ4n) is 3.89. The Hall–Kier alpha value is -3.25. The minimum atomic E-state index is 0.370. The Labute approximate surface area is 169 Å². The normalized spacial score (nSPS) is 16.4. The zero-order valence-electron chi connectivity index (χ0n) is 16.3. The summed E-state index contributed by atoms with van der Waals surface area (Å²) in [5.74, 6) is 1.56. The van der Waals surface area contributed by atoms with E-state index in [0.717, 1.165) is 43.0 Å². The van der Waals surface area contributed by atoms with E-state index in [2.05, 4.69) is 51.1 Å². The van der Waals surface area contributed by atoms with Crippen molar-refractivity contribution in [2.24, 2.45) is 0 Å². The van der Waals surface area contributed by atoms with Crippen LogP contribution in [0.2, 0.25) is 0 Å². The molecule has 0 N–H and O–H groups in total. The minimum Gasteiger partial charge on any atom is -0.381 e. The summed E-state index contributed by atoms with van der Waals surface area (Å²) in [6.07, 6.45) is 2.98. The van der Waals surface area contributed by atoms with Gasteiger partial charge in [0.25, 0.3) is 0 Å². The van der Waals surface area contributed by atoms with Crippen LogP contribution in [-0.4, -0.2) is 32.9 Å². The maximum Gasteiger partial charge on any atom is 0.223 e. The second-order valence-electron chi connectivity index (χ2n) is 7.37. The van der Waals surface area contributed by atoms with Gasteiger partial charge in [0.05, 0.1) is 24.3 Å². The van der Waals surface area contributed by atoms with Gasteiger partial charge in [0, 0.05) is 37.1 Å². The molecule has 0 saturated carbocycles. The third kappa shape index (κ3) is 3.59. The number of ether oxygens (including phenoxy) is 1. The van der Waals surface area contributed by atoms with Gasteiger partial charge in [-0.1, -0.05) is 59.8 Å².